The van der Waals surface area contributed by atoms with Gasteiger partial charge in [0, 0.05) is 0 Å². The molecule has 2 aromatic heterocycles. The van der Waals surface area contributed by atoms with Crippen LogP contribution in [0.25, 0.3) is 22.1 Å². The number of benzene rings is 2. The van der Waals surface area contributed by atoms with E-state index in [0.29, 0.717) is 0 Å². The molecule has 2 aromatic carbocycles. The molecule has 4 aromatic rings. The van der Waals surface area contributed by atoms with Gasteiger partial charge < -0.3 is 10.2 Å². The third-order valence-corrected chi connectivity index (χ3v) is 3.11. The molecule has 8 nitrogen and oxygen atoms in total. The summed E-state index contributed by atoms with van der Waals surface area (Å²) in [5, 5.41) is 32.7. The molecule has 0 fully saturated rings. The molecular weight excluding hydrogens is 284 g/mol. The van der Waals surface area contributed by atoms with E-state index in [9.17, 15) is 0 Å². The molecule has 0 bridgehead atoms. The van der Waals surface area contributed by atoms with Crippen molar-refractivity contribution in [1.29, 1.82) is 0 Å². The van der Waals surface area contributed by atoms with Crippen LogP contribution >= 0.6 is 0 Å². The minimum absolute atomic E-state index is 0.124. The molecule has 4 rings (SSSR count). The van der Waals surface area contributed by atoms with E-state index in [-0.39, 0.29) is 13.5 Å². The van der Waals surface area contributed by atoms with Crippen LogP contribution in [0.1, 0.15) is 0 Å². The number of aliphatic hydroxyl groups excluding tert-OH is 2. The zero-order chi connectivity index (χ0) is 15.4. The number of para-hydroxylation sites is 2. The van der Waals surface area contributed by atoms with Crippen LogP contribution in [-0.2, 0) is 13.5 Å². The van der Waals surface area contributed by atoms with E-state index < -0.39 is 0 Å². The van der Waals surface area contributed by atoms with E-state index in [0.717, 1.165) is 22.1 Å². The van der Waals surface area contributed by atoms with Gasteiger partial charge in [0.25, 0.3) is 0 Å². The maximum Gasteiger partial charge on any atom is 0.138 e. The van der Waals surface area contributed by atoms with Crippen molar-refractivity contribution in [3.05, 3.63) is 48.5 Å². The Bertz CT molecular complexity index is 811. The lowest BCUT2D eigenvalue weighted by Crippen LogP contribution is -1.97. The maximum atomic E-state index is 8.78. The topological polar surface area (TPSA) is 102 Å². The monoisotopic (exact) mass is 298 g/mol. The zero-order valence-corrected chi connectivity index (χ0v) is 11.6. The fourth-order valence-corrected chi connectivity index (χ4v) is 2.04. The fraction of sp³-hybridized carbons (Fsp3) is 0.143. The molecule has 2 N–H and O–H groups in total. The van der Waals surface area contributed by atoms with Crippen molar-refractivity contribution in [3.8, 4) is 0 Å². The molecule has 0 saturated carbocycles. The largest absolute Gasteiger partial charge is 0.374 e. The highest BCUT2D eigenvalue weighted by atomic mass is 16.3. The van der Waals surface area contributed by atoms with Gasteiger partial charge in [0.15, 0.2) is 0 Å². The van der Waals surface area contributed by atoms with Gasteiger partial charge in [0.2, 0.25) is 0 Å². The first-order valence-electron chi connectivity index (χ1n) is 6.61. The van der Waals surface area contributed by atoms with Gasteiger partial charge in [-0.3, -0.25) is 0 Å². The van der Waals surface area contributed by atoms with Crippen molar-refractivity contribution < 1.29 is 10.2 Å². The number of hydrogen-bond acceptors (Lipinski definition) is 6. The number of fused-ring (bicyclic) bond motifs is 2. The molecule has 112 valence electrons. The third-order valence-electron chi connectivity index (χ3n) is 3.11. The molecule has 0 spiro atoms. The summed E-state index contributed by atoms with van der Waals surface area (Å²) in [7, 11) is 0. The van der Waals surface area contributed by atoms with Crippen LogP contribution in [0.2, 0.25) is 0 Å². The van der Waals surface area contributed by atoms with Crippen molar-refractivity contribution in [1.82, 2.24) is 30.0 Å². The summed E-state index contributed by atoms with van der Waals surface area (Å²) in [5.41, 5.74) is 3.33. The Morgan fingerprint density at radius 3 is 1.50 bits per heavy atom. The van der Waals surface area contributed by atoms with Crippen molar-refractivity contribution in [2.45, 2.75) is 13.5 Å². The average molecular weight is 298 g/mol. The van der Waals surface area contributed by atoms with E-state index in [1.165, 1.54) is 9.36 Å². The van der Waals surface area contributed by atoms with Gasteiger partial charge in [-0.05, 0) is 24.3 Å². The van der Waals surface area contributed by atoms with E-state index in [1.54, 1.807) is 0 Å². The van der Waals surface area contributed by atoms with Crippen molar-refractivity contribution >= 4 is 22.1 Å². The Kier molecular flexibility index (Phi) is 4.03. The molecule has 0 atom stereocenters. The molecule has 0 unspecified atom stereocenters. The van der Waals surface area contributed by atoms with Gasteiger partial charge in [-0.15, -0.1) is 10.2 Å². The summed E-state index contributed by atoms with van der Waals surface area (Å²) in [6, 6.07) is 15.0. The SMILES string of the molecule is OCn1nnc2ccccc21.OCn1nnc2ccccc21. The second-order valence-electron chi connectivity index (χ2n) is 4.44. The van der Waals surface area contributed by atoms with Gasteiger partial charge in [-0.1, -0.05) is 34.7 Å². The smallest absolute Gasteiger partial charge is 0.138 e. The van der Waals surface area contributed by atoms with Crippen LogP contribution < -0.4 is 0 Å². The van der Waals surface area contributed by atoms with Crippen LogP contribution in [-0.4, -0.2) is 40.2 Å². The Balaban J connectivity index is 0.000000131. The minimum atomic E-state index is -0.124. The minimum Gasteiger partial charge on any atom is -0.374 e. The third kappa shape index (κ3) is 2.65. The van der Waals surface area contributed by atoms with Gasteiger partial charge in [-0.25, -0.2) is 9.36 Å². The lowest BCUT2D eigenvalue weighted by Gasteiger charge is -1.92. The predicted molar refractivity (Wildman–Crippen MR) is 79.5 cm³/mol. The highest BCUT2D eigenvalue weighted by molar-refractivity contribution is 5.74. The Hall–Kier alpha value is -2.84. The predicted octanol–water partition coefficient (Wildman–Crippen LogP) is 0.762. The summed E-state index contributed by atoms with van der Waals surface area (Å²) >= 11 is 0. The second-order valence-corrected chi connectivity index (χ2v) is 4.44. The van der Waals surface area contributed by atoms with E-state index in [1.807, 2.05) is 48.5 Å². The van der Waals surface area contributed by atoms with Crippen molar-refractivity contribution in [3.63, 3.8) is 0 Å². The number of aromatic nitrogens is 6. The molecule has 0 amide bonds. The van der Waals surface area contributed by atoms with Crippen LogP contribution in [0, 0.1) is 0 Å². The Labute approximate surface area is 125 Å². The quantitative estimate of drug-likeness (QED) is 0.566. The highest BCUT2D eigenvalue weighted by Gasteiger charge is 2.00. The van der Waals surface area contributed by atoms with Gasteiger partial charge in [0.1, 0.15) is 24.5 Å². The molecule has 8 heteroatoms. The number of nitrogens with zero attached hydrogens (tertiary/aromatic N) is 6. The van der Waals surface area contributed by atoms with Crippen molar-refractivity contribution in [2.75, 3.05) is 0 Å². The number of rotatable bonds is 2. The van der Waals surface area contributed by atoms with E-state index in [4.69, 9.17) is 10.2 Å². The lowest BCUT2D eigenvalue weighted by molar-refractivity contribution is 0.197. The molecule has 2 heterocycles. The van der Waals surface area contributed by atoms with E-state index in [2.05, 4.69) is 20.6 Å². The van der Waals surface area contributed by atoms with Crippen LogP contribution in [0.4, 0.5) is 0 Å². The first-order valence-corrected chi connectivity index (χ1v) is 6.61. The normalized spacial score (nSPS) is 10.6. The zero-order valence-electron chi connectivity index (χ0n) is 11.6. The first-order chi connectivity index (χ1) is 10.8. The van der Waals surface area contributed by atoms with Gasteiger partial charge in [0.05, 0.1) is 11.0 Å². The Morgan fingerprint density at radius 1 is 0.682 bits per heavy atom. The molecule has 22 heavy (non-hydrogen) atoms. The summed E-state index contributed by atoms with van der Waals surface area (Å²) in [5.74, 6) is 0. The molecule has 0 aliphatic carbocycles. The molecule has 0 aliphatic heterocycles. The van der Waals surface area contributed by atoms with Gasteiger partial charge in [-0.2, -0.15) is 0 Å². The van der Waals surface area contributed by atoms with Crippen LogP contribution in [0.5, 0.6) is 0 Å². The van der Waals surface area contributed by atoms with Crippen LogP contribution in [0.15, 0.2) is 48.5 Å². The number of aliphatic hydroxyl groups is 2. The summed E-state index contributed by atoms with van der Waals surface area (Å²) in [4.78, 5) is 0. The summed E-state index contributed by atoms with van der Waals surface area (Å²) in [6.07, 6.45) is 0. The summed E-state index contributed by atoms with van der Waals surface area (Å²) in [6.45, 7) is -0.249. The molecule has 0 radical (unpaired) electrons. The summed E-state index contributed by atoms with van der Waals surface area (Å²) < 4.78 is 2.88. The van der Waals surface area contributed by atoms with E-state index >= 15 is 0 Å². The average Bonchev–Trinajstić information content (AvgIpc) is 3.19. The molecule has 0 aliphatic rings. The van der Waals surface area contributed by atoms with Crippen LogP contribution in [0.3, 0.4) is 0 Å². The molecule has 0 saturated heterocycles. The fourth-order valence-electron chi connectivity index (χ4n) is 2.04. The lowest BCUT2D eigenvalue weighted by atomic mass is 10.3. The van der Waals surface area contributed by atoms with Crippen molar-refractivity contribution in [2.24, 2.45) is 0 Å². The maximum absolute atomic E-state index is 8.78. The number of hydrogen-bond donors (Lipinski definition) is 2. The Morgan fingerprint density at radius 2 is 1.09 bits per heavy atom. The molecular formula is C14H14N6O2. The first kappa shape index (κ1) is 14.1. The highest BCUT2D eigenvalue weighted by Crippen LogP contribution is 2.09. The second kappa shape index (κ2) is 6.29. The standard InChI is InChI=1S/2C7H7N3O/c2*11-5-10-7-4-2-1-3-6(7)8-9-10/h2*1-4,11H,5H2. The van der Waals surface area contributed by atoms with Gasteiger partial charge >= 0.3 is 0 Å².